The fraction of sp³-hybridized carbons (Fsp3) is 0.385. The van der Waals surface area contributed by atoms with E-state index in [2.05, 4.69) is 10.1 Å². The predicted molar refractivity (Wildman–Crippen MR) is 71.0 cm³/mol. The number of esters is 1. The first-order chi connectivity index (χ1) is 8.99. The molecule has 0 aliphatic rings. The second kappa shape index (κ2) is 6.63. The summed E-state index contributed by atoms with van der Waals surface area (Å²) in [6.07, 6.45) is -0.699. The Balaban J connectivity index is 2.88. The largest absolute Gasteiger partial charge is 0.479 e. The Morgan fingerprint density at radius 2 is 2.11 bits per heavy atom. The summed E-state index contributed by atoms with van der Waals surface area (Å²) in [5.41, 5.74) is 6.41. The van der Waals surface area contributed by atoms with Gasteiger partial charge in [0.25, 0.3) is 5.91 Å². The van der Waals surface area contributed by atoms with Crippen LogP contribution in [-0.2, 0) is 9.53 Å². The van der Waals surface area contributed by atoms with Crippen molar-refractivity contribution in [1.29, 1.82) is 0 Å². The summed E-state index contributed by atoms with van der Waals surface area (Å²) < 4.78 is 10.1. The van der Waals surface area contributed by atoms with Crippen molar-refractivity contribution in [2.45, 2.75) is 20.0 Å². The van der Waals surface area contributed by atoms with Crippen LogP contribution in [0.5, 0.6) is 5.75 Å². The van der Waals surface area contributed by atoms with Gasteiger partial charge in [-0.05, 0) is 32.0 Å². The number of nitrogens with two attached hydrogens (primary N) is 1. The Morgan fingerprint density at radius 1 is 1.42 bits per heavy atom. The molecule has 0 heterocycles. The van der Waals surface area contributed by atoms with Crippen molar-refractivity contribution in [2.24, 2.45) is 0 Å². The first-order valence-corrected chi connectivity index (χ1v) is 5.91. The summed E-state index contributed by atoms with van der Waals surface area (Å²) in [5.74, 6) is -0.456. The minimum absolute atomic E-state index is 0.245. The van der Waals surface area contributed by atoms with Crippen molar-refractivity contribution in [2.75, 3.05) is 19.4 Å². The molecule has 1 unspecified atom stereocenters. The fourth-order valence-electron chi connectivity index (χ4n) is 1.44. The van der Waals surface area contributed by atoms with Crippen molar-refractivity contribution in [3.8, 4) is 5.75 Å². The summed E-state index contributed by atoms with van der Waals surface area (Å²) in [5, 5.41) is 2.64. The summed E-state index contributed by atoms with van der Waals surface area (Å²) >= 11 is 0. The number of amides is 1. The summed E-state index contributed by atoms with van der Waals surface area (Å²) in [6, 6.07) is 4.52. The number of carbonyl (C=O) groups excluding carboxylic acids is 2. The lowest BCUT2D eigenvalue weighted by atomic mass is 10.2. The smallest absolute Gasteiger partial charge is 0.337 e. The second-order valence-corrected chi connectivity index (χ2v) is 3.90. The molecule has 0 fully saturated rings. The van der Waals surface area contributed by atoms with E-state index in [4.69, 9.17) is 10.5 Å². The van der Waals surface area contributed by atoms with Crippen LogP contribution in [-0.4, -0.2) is 31.6 Å². The van der Waals surface area contributed by atoms with Crippen molar-refractivity contribution in [1.82, 2.24) is 5.32 Å². The van der Waals surface area contributed by atoms with E-state index >= 15 is 0 Å². The van der Waals surface area contributed by atoms with E-state index < -0.39 is 12.1 Å². The van der Waals surface area contributed by atoms with Gasteiger partial charge in [0.15, 0.2) is 6.10 Å². The van der Waals surface area contributed by atoms with Gasteiger partial charge >= 0.3 is 5.97 Å². The van der Waals surface area contributed by atoms with E-state index in [1.165, 1.54) is 25.3 Å². The van der Waals surface area contributed by atoms with Gasteiger partial charge in [0.1, 0.15) is 5.75 Å². The number of nitrogens with one attached hydrogen (secondary N) is 1. The molecule has 1 aromatic rings. The van der Waals surface area contributed by atoms with E-state index in [0.717, 1.165) is 0 Å². The number of carbonyl (C=O) groups is 2. The molecule has 6 heteroatoms. The van der Waals surface area contributed by atoms with E-state index in [0.29, 0.717) is 17.8 Å². The quantitative estimate of drug-likeness (QED) is 0.612. The lowest BCUT2D eigenvalue weighted by molar-refractivity contribution is -0.127. The van der Waals surface area contributed by atoms with Crippen molar-refractivity contribution >= 4 is 17.6 Å². The molecule has 0 aliphatic heterocycles. The highest BCUT2D eigenvalue weighted by Gasteiger charge is 2.16. The van der Waals surface area contributed by atoms with Crippen LogP contribution >= 0.6 is 0 Å². The lowest BCUT2D eigenvalue weighted by Crippen LogP contribution is -2.36. The molecule has 0 aromatic heterocycles. The molecule has 0 aliphatic carbocycles. The van der Waals surface area contributed by atoms with Crippen LogP contribution in [0.3, 0.4) is 0 Å². The minimum Gasteiger partial charge on any atom is -0.479 e. The molecular formula is C13H18N2O4. The topological polar surface area (TPSA) is 90.6 Å². The van der Waals surface area contributed by atoms with Gasteiger partial charge in [0, 0.05) is 6.54 Å². The maximum atomic E-state index is 11.6. The third-order valence-corrected chi connectivity index (χ3v) is 2.46. The number of benzene rings is 1. The lowest BCUT2D eigenvalue weighted by Gasteiger charge is -2.16. The Kier molecular flexibility index (Phi) is 5.17. The molecule has 0 saturated heterocycles. The fourth-order valence-corrected chi connectivity index (χ4v) is 1.44. The highest BCUT2D eigenvalue weighted by molar-refractivity contribution is 5.90. The number of likely N-dealkylation sites (N-methyl/N-ethyl adjacent to an activating group) is 1. The molecule has 0 saturated carbocycles. The third kappa shape index (κ3) is 3.87. The monoisotopic (exact) mass is 266 g/mol. The van der Waals surface area contributed by atoms with Gasteiger partial charge in [-0.3, -0.25) is 4.79 Å². The summed E-state index contributed by atoms with van der Waals surface area (Å²) in [7, 11) is 1.29. The van der Waals surface area contributed by atoms with Gasteiger partial charge in [-0.1, -0.05) is 0 Å². The van der Waals surface area contributed by atoms with E-state index in [9.17, 15) is 9.59 Å². The molecule has 0 radical (unpaired) electrons. The Hall–Kier alpha value is -2.24. The molecular weight excluding hydrogens is 248 g/mol. The zero-order valence-electron chi connectivity index (χ0n) is 11.2. The number of nitrogen functional groups attached to an aromatic ring is 1. The van der Waals surface area contributed by atoms with Gasteiger partial charge in [-0.2, -0.15) is 0 Å². The summed E-state index contributed by atoms with van der Waals surface area (Å²) in [6.45, 7) is 3.94. The van der Waals surface area contributed by atoms with Gasteiger partial charge in [-0.25, -0.2) is 4.79 Å². The molecule has 0 spiro atoms. The standard InChI is InChI=1S/C13H18N2O4/c1-4-15-12(16)8(2)19-11-7-9(13(17)18-3)5-6-10(11)14/h5-8H,4,14H2,1-3H3,(H,15,16). The van der Waals surface area contributed by atoms with Crippen molar-refractivity contribution in [3.63, 3.8) is 0 Å². The van der Waals surface area contributed by atoms with Gasteiger partial charge in [0.05, 0.1) is 18.4 Å². The maximum Gasteiger partial charge on any atom is 0.337 e. The number of hydrogen-bond donors (Lipinski definition) is 2. The summed E-state index contributed by atoms with van der Waals surface area (Å²) in [4.78, 5) is 23.0. The normalized spacial score (nSPS) is 11.5. The Morgan fingerprint density at radius 3 is 2.68 bits per heavy atom. The average molecular weight is 266 g/mol. The zero-order valence-corrected chi connectivity index (χ0v) is 11.2. The number of methoxy groups -OCH3 is 1. The Labute approximate surface area is 111 Å². The van der Waals surface area contributed by atoms with Gasteiger partial charge < -0.3 is 20.5 Å². The SMILES string of the molecule is CCNC(=O)C(C)Oc1cc(C(=O)OC)ccc1N. The number of rotatable bonds is 5. The predicted octanol–water partition coefficient (Wildman–Crippen LogP) is 0.959. The number of anilines is 1. The molecule has 3 N–H and O–H groups in total. The zero-order chi connectivity index (χ0) is 14.4. The van der Waals surface area contributed by atoms with Crippen LogP contribution in [0.4, 0.5) is 5.69 Å². The van der Waals surface area contributed by atoms with Crippen LogP contribution in [0.15, 0.2) is 18.2 Å². The van der Waals surface area contributed by atoms with Crippen molar-refractivity contribution in [3.05, 3.63) is 23.8 Å². The molecule has 0 bridgehead atoms. The molecule has 104 valence electrons. The van der Waals surface area contributed by atoms with Crippen LogP contribution < -0.4 is 15.8 Å². The molecule has 1 aromatic carbocycles. The maximum absolute atomic E-state index is 11.6. The highest BCUT2D eigenvalue weighted by Crippen LogP contribution is 2.24. The minimum atomic E-state index is -0.699. The van der Waals surface area contributed by atoms with E-state index in [1.807, 2.05) is 6.92 Å². The average Bonchev–Trinajstić information content (AvgIpc) is 2.40. The van der Waals surface area contributed by atoms with Crippen LogP contribution in [0.25, 0.3) is 0 Å². The highest BCUT2D eigenvalue weighted by atomic mass is 16.5. The Bertz CT molecular complexity index is 474. The number of ether oxygens (including phenoxy) is 2. The first kappa shape index (κ1) is 14.8. The van der Waals surface area contributed by atoms with Gasteiger partial charge in [0.2, 0.25) is 0 Å². The molecule has 1 atom stereocenters. The first-order valence-electron chi connectivity index (χ1n) is 5.91. The van der Waals surface area contributed by atoms with Crippen LogP contribution in [0.2, 0.25) is 0 Å². The molecule has 19 heavy (non-hydrogen) atoms. The van der Waals surface area contributed by atoms with Crippen molar-refractivity contribution < 1.29 is 19.1 Å². The molecule has 1 rings (SSSR count). The molecule has 6 nitrogen and oxygen atoms in total. The van der Waals surface area contributed by atoms with Gasteiger partial charge in [-0.15, -0.1) is 0 Å². The van der Waals surface area contributed by atoms with E-state index in [-0.39, 0.29) is 11.7 Å². The molecule has 1 amide bonds. The van der Waals surface area contributed by atoms with E-state index in [1.54, 1.807) is 6.92 Å². The van der Waals surface area contributed by atoms with Crippen LogP contribution in [0.1, 0.15) is 24.2 Å². The number of hydrogen-bond acceptors (Lipinski definition) is 5. The second-order valence-electron chi connectivity index (χ2n) is 3.90. The van der Waals surface area contributed by atoms with Crippen LogP contribution in [0, 0.1) is 0 Å². The third-order valence-electron chi connectivity index (χ3n) is 2.46.